The lowest BCUT2D eigenvalue weighted by atomic mass is 10.5. The van der Waals surface area contributed by atoms with E-state index < -0.39 is 0 Å². The maximum atomic E-state index is 8.92. The fraction of sp³-hybridized carbons (Fsp3) is 0.727. The summed E-state index contributed by atoms with van der Waals surface area (Å²) < 4.78 is 5.42. The van der Waals surface area contributed by atoms with Gasteiger partial charge in [0.05, 0.1) is 13.2 Å². The second-order valence-electron chi connectivity index (χ2n) is 3.77. The first kappa shape index (κ1) is 14.4. The lowest BCUT2D eigenvalue weighted by molar-refractivity contribution is 0.290. The van der Waals surface area contributed by atoms with E-state index >= 15 is 0 Å². The monoisotopic (exact) mass is 255 g/mol. The van der Waals surface area contributed by atoms with E-state index in [1.54, 1.807) is 4.90 Å². The minimum absolute atomic E-state index is 0.0455. The summed E-state index contributed by atoms with van der Waals surface area (Å²) in [5, 5.41) is 12.0. The summed E-state index contributed by atoms with van der Waals surface area (Å²) in [6.07, 6.45) is 0.893. The number of nitrogens with one attached hydrogen (secondary N) is 1. The normalized spacial score (nSPS) is 10.2. The van der Waals surface area contributed by atoms with Gasteiger partial charge in [0.1, 0.15) is 0 Å². The van der Waals surface area contributed by atoms with Crippen molar-refractivity contribution in [1.82, 2.24) is 15.0 Å². The number of hydrogen-bond acceptors (Lipinski definition) is 7. The minimum Gasteiger partial charge on any atom is -0.463 e. The van der Waals surface area contributed by atoms with Crippen LogP contribution in [0.15, 0.2) is 0 Å². The van der Waals surface area contributed by atoms with E-state index in [-0.39, 0.29) is 6.61 Å². The highest BCUT2D eigenvalue weighted by molar-refractivity contribution is 5.37. The zero-order chi connectivity index (χ0) is 13.4. The van der Waals surface area contributed by atoms with Gasteiger partial charge in [-0.25, -0.2) is 0 Å². The van der Waals surface area contributed by atoms with Crippen LogP contribution in [0, 0.1) is 0 Å². The van der Waals surface area contributed by atoms with Crippen molar-refractivity contribution in [2.75, 3.05) is 43.6 Å². The van der Waals surface area contributed by atoms with Crippen LogP contribution in [0.1, 0.15) is 20.3 Å². The summed E-state index contributed by atoms with van der Waals surface area (Å²) in [6, 6.07) is 0.308. The van der Waals surface area contributed by atoms with Crippen LogP contribution in [0.2, 0.25) is 0 Å². The van der Waals surface area contributed by atoms with Crippen molar-refractivity contribution >= 4 is 11.9 Å². The van der Waals surface area contributed by atoms with Crippen molar-refractivity contribution in [3.63, 3.8) is 0 Å². The van der Waals surface area contributed by atoms with Gasteiger partial charge >= 0.3 is 6.01 Å². The van der Waals surface area contributed by atoms with Gasteiger partial charge in [-0.2, -0.15) is 15.0 Å². The molecule has 0 unspecified atom stereocenters. The Morgan fingerprint density at radius 1 is 1.28 bits per heavy atom. The Labute approximate surface area is 107 Å². The molecule has 102 valence electrons. The Morgan fingerprint density at radius 2 is 2.06 bits per heavy atom. The molecule has 1 aromatic heterocycles. The molecule has 0 radical (unpaired) electrons. The fourth-order valence-corrected chi connectivity index (χ4v) is 1.26. The van der Waals surface area contributed by atoms with Gasteiger partial charge in [0.25, 0.3) is 0 Å². The number of ether oxygens (including phenoxy) is 1. The smallest absolute Gasteiger partial charge is 0.323 e. The standard InChI is InChI=1S/C11H21N5O2/c1-4-8-18-11-14-9(12-5-2)13-10(15-11)16(3)6-7-17/h17H,4-8H2,1-3H3,(H,12,13,14,15). The molecule has 0 amide bonds. The number of hydrogen-bond donors (Lipinski definition) is 2. The second-order valence-corrected chi connectivity index (χ2v) is 3.77. The molecule has 1 aromatic rings. The van der Waals surface area contributed by atoms with Gasteiger partial charge < -0.3 is 20.1 Å². The quantitative estimate of drug-likeness (QED) is 0.700. The molecule has 0 saturated heterocycles. The molecule has 1 rings (SSSR count). The van der Waals surface area contributed by atoms with Gasteiger partial charge in [0.15, 0.2) is 0 Å². The third-order valence-corrected chi connectivity index (χ3v) is 2.15. The van der Waals surface area contributed by atoms with Crippen LogP contribution in [0.5, 0.6) is 6.01 Å². The van der Waals surface area contributed by atoms with Crippen LogP contribution in [0.3, 0.4) is 0 Å². The minimum atomic E-state index is 0.0455. The Balaban J connectivity index is 2.89. The molecule has 7 heteroatoms. The number of rotatable bonds is 8. The van der Waals surface area contributed by atoms with Crippen LogP contribution in [-0.2, 0) is 0 Å². The summed E-state index contributed by atoms with van der Waals surface area (Å²) >= 11 is 0. The van der Waals surface area contributed by atoms with Crippen molar-refractivity contribution < 1.29 is 9.84 Å². The second kappa shape index (κ2) is 7.65. The van der Waals surface area contributed by atoms with Gasteiger partial charge in [-0.05, 0) is 13.3 Å². The van der Waals surface area contributed by atoms with Crippen LogP contribution in [-0.4, -0.2) is 53.4 Å². The molecule has 18 heavy (non-hydrogen) atoms. The Morgan fingerprint density at radius 3 is 2.67 bits per heavy atom. The molecule has 0 aliphatic heterocycles. The van der Waals surface area contributed by atoms with Gasteiger partial charge in [0.2, 0.25) is 11.9 Å². The number of aliphatic hydroxyl groups is 1. The average molecular weight is 255 g/mol. The first-order valence-corrected chi connectivity index (χ1v) is 6.16. The largest absolute Gasteiger partial charge is 0.463 e. The third-order valence-electron chi connectivity index (χ3n) is 2.15. The van der Waals surface area contributed by atoms with Crippen molar-refractivity contribution in [2.45, 2.75) is 20.3 Å². The summed E-state index contributed by atoms with van der Waals surface area (Å²) in [4.78, 5) is 14.4. The highest BCUT2D eigenvalue weighted by atomic mass is 16.5. The maximum absolute atomic E-state index is 8.92. The summed E-state index contributed by atoms with van der Waals surface area (Å²) in [5.41, 5.74) is 0. The van der Waals surface area contributed by atoms with Crippen molar-refractivity contribution in [1.29, 1.82) is 0 Å². The molecular weight excluding hydrogens is 234 g/mol. The van der Waals surface area contributed by atoms with Crippen molar-refractivity contribution in [2.24, 2.45) is 0 Å². The zero-order valence-electron chi connectivity index (χ0n) is 11.2. The molecule has 2 N–H and O–H groups in total. The Hall–Kier alpha value is -1.63. The molecule has 0 aromatic carbocycles. The van der Waals surface area contributed by atoms with E-state index in [2.05, 4.69) is 20.3 Å². The highest BCUT2D eigenvalue weighted by Crippen LogP contribution is 2.13. The number of aliphatic hydroxyl groups excluding tert-OH is 1. The first-order chi connectivity index (χ1) is 8.71. The van der Waals surface area contributed by atoms with E-state index in [1.807, 2.05) is 20.9 Å². The van der Waals surface area contributed by atoms with Gasteiger partial charge in [-0.3, -0.25) is 0 Å². The predicted molar refractivity (Wildman–Crippen MR) is 70.1 cm³/mol. The summed E-state index contributed by atoms with van der Waals surface area (Å²) in [5.74, 6) is 0.972. The molecule has 0 fully saturated rings. The SMILES string of the molecule is CCCOc1nc(NCC)nc(N(C)CCO)n1. The van der Waals surface area contributed by atoms with Crippen molar-refractivity contribution in [3.05, 3.63) is 0 Å². The van der Waals surface area contributed by atoms with Crippen LogP contribution >= 0.6 is 0 Å². The zero-order valence-corrected chi connectivity index (χ0v) is 11.2. The van der Waals surface area contributed by atoms with Crippen LogP contribution in [0.25, 0.3) is 0 Å². The number of nitrogens with zero attached hydrogens (tertiary/aromatic N) is 4. The molecular formula is C11H21N5O2. The van der Waals surface area contributed by atoms with Gasteiger partial charge in [-0.1, -0.05) is 6.92 Å². The van der Waals surface area contributed by atoms with E-state index in [0.717, 1.165) is 13.0 Å². The highest BCUT2D eigenvalue weighted by Gasteiger charge is 2.10. The third kappa shape index (κ3) is 4.33. The van der Waals surface area contributed by atoms with Crippen molar-refractivity contribution in [3.8, 4) is 6.01 Å². The number of aromatic nitrogens is 3. The molecule has 0 saturated carbocycles. The van der Waals surface area contributed by atoms with Gasteiger partial charge in [0, 0.05) is 20.1 Å². The van der Waals surface area contributed by atoms with Crippen LogP contribution in [0.4, 0.5) is 11.9 Å². The summed E-state index contributed by atoms with van der Waals surface area (Å²) in [7, 11) is 1.81. The molecule has 0 aliphatic rings. The lowest BCUT2D eigenvalue weighted by Crippen LogP contribution is -2.24. The molecule has 0 spiro atoms. The predicted octanol–water partition coefficient (Wildman–Crippen LogP) is 0.521. The Bertz CT molecular complexity index is 361. The fourth-order valence-electron chi connectivity index (χ4n) is 1.26. The Kier molecular flexibility index (Phi) is 6.13. The maximum Gasteiger partial charge on any atom is 0.323 e. The topological polar surface area (TPSA) is 83.4 Å². The number of likely N-dealkylation sites (N-methyl/N-ethyl adjacent to an activating group) is 1. The van der Waals surface area contributed by atoms with E-state index in [9.17, 15) is 0 Å². The molecule has 1 heterocycles. The first-order valence-electron chi connectivity index (χ1n) is 6.16. The number of anilines is 2. The van der Waals surface area contributed by atoms with E-state index in [1.165, 1.54) is 0 Å². The van der Waals surface area contributed by atoms with Gasteiger partial charge in [-0.15, -0.1) is 0 Å². The molecule has 0 aliphatic carbocycles. The lowest BCUT2D eigenvalue weighted by Gasteiger charge is -2.16. The van der Waals surface area contributed by atoms with Crippen LogP contribution < -0.4 is 15.0 Å². The molecule has 0 atom stereocenters. The molecule has 0 bridgehead atoms. The van der Waals surface area contributed by atoms with E-state index in [4.69, 9.17) is 9.84 Å². The average Bonchev–Trinajstić information content (AvgIpc) is 2.37. The summed E-state index contributed by atoms with van der Waals surface area (Å²) in [6.45, 7) is 5.78. The van der Waals surface area contributed by atoms with E-state index in [0.29, 0.717) is 31.1 Å². The molecule has 7 nitrogen and oxygen atoms in total.